The van der Waals surface area contributed by atoms with Crippen molar-refractivity contribution in [2.75, 3.05) is 13.1 Å². The summed E-state index contributed by atoms with van der Waals surface area (Å²) in [7, 11) is 0. The molecule has 1 aliphatic rings. The Balaban J connectivity index is 0.00000112. The molecular formula is C11H16ClIN2. The standard InChI is InChI=1S/C11H15IN2.ClH/c12-10-3-1-9(2-4-10)7-14-6-5-11(13)8-14;/h1-4,11H,5-8,13H2;1H. The minimum absolute atomic E-state index is 0. The Hall–Kier alpha value is 0.160. The molecular weight excluding hydrogens is 322 g/mol. The molecule has 0 spiro atoms. The van der Waals surface area contributed by atoms with Gasteiger partial charge in [0, 0.05) is 29.2 Å². The highest BCUT2D eigenvalue weighted by molar-refractivity contribution is 14.1. The molecule has 4 heteroatoms. The number of rotatable bonds is 2. The molecule has 1 aliphatic heterocycles. The normalized spacial score (nSPS) is 21.3. The average molecular weight is 339 g/mol. The summed E-state index contributed by atoms with van der Waals surface area (Å²) in [5.41, 5.74) is 7.25. The van der Waals surface area contributed by atoms with E-state index in [-0.39, 0.29) is 12.4 Å². The van der Waals surface area contributed by atoms with Crippen molar-refractivity contribution in [2.24, 2.45) is 5.73 Å². The molecule has 1 aromatic rings. The summed E-state index contributed by atoms with van der Waals surface area (Å²) in [6.45, 7) is 3.24. The van der Waals surface area contributed by atoms with Gasteiger partial charge in [0.15, 0.2) is 0 Å². The topological polar surface area (TPSA) is 29.3 Å². The van der Waals surface area contributed by atoms with Crippen LogP contribution in [0.15, 0.2) is 24.3 Å². The van der Waals surface area contributed by atoms with E-state index in [1.165, 1.54) is 9.13 Å². The molecule has 0 aromatic heterocycles. The smallest absolute Gasteiger partial charge is 0.0234 e. The first-order chi connectivity index (χ1) is 6.74. The zero-order valence-electron chi connectivity index (χ0n) is 8.53. The molecule has 0 amide bonds. The molecule has 2 rings (SSSR count). The van der Waals surface area contributed by atoms with E-state index in [0.717, 1.165) is 26.1 Å². The van der Waals surface area contributed by atoms with Crippen LogP contribution in [-0.4, -0.2) is 24.0 Å². The van der Waals surface area contributed by atoms with Crippen molar-refractivity contribution in [1.29, 1.82) is 0 Å². The van der Waals surface area contributed by atoms with Crippen LogP contribution in [0.3, 0.4) is 0 Å². The highest BCUT2D eigenvalue weighted by atomic mass is 127. The van der Waals surface area contributed by atoms with E-state index < -0.39 is 0 Å². The number of nitrogens with two attached hydrogens (primary N) is 1. The summed E-state index contributed by atoms with van der Waals surface area (Å²) in [5, 5.41) is 0. The van der Waals surface area contributed by atoms with E-state index in [0.29, 0.717) is 6.04 Å². The van der Waals surface area contributed by atoms with Crippen LogP contribution in [0.4, 0.5) is 0 Å². The minimum Gasteiger partial charge on any atom is -0.326 e. The fourth-order valence-electron chi connectivity index (χ4n) is 1.85. The average Bonchev–Trinajstić information content (AvgIpc) is 2.56. The van der Waals surface area contributed by atoms with Crippen molar-refractivity contribution in [3.05, 3.63) is 33.4 Å². The van der Waals surface area contributed by atoms with Crippen LogP contribution in [0, 0.1) is 3.57 Å². The summed E-state index contributed by atoms with van der Waals surface area (Å²) in [6.07, 6.45) is 1.14. The van der Waals surface area contributed by atoms with E-state index in [1.807, 2.05) is 0 Å². The number of nitrogens with zero attached hydrogens (tertiary/aromatic N) is 1. The molecule has 0 radical (unpaired) electrons. The first-order valence-electron chi connectivity index (χ1n) is 4.96. The van der Waals surface area contributed by atoms with Gasteiger partial charge in [-0.25, -0.2) is 0 Å². The Labute approximate surface area is 111 Å². The zero-order chi connectivity index (χ0) is 9.97. The van der Waals surface area contributed by atoms with Crippen LogP contribution in [0.5, 0.6) is 0 Å². The number of likely N-dealkylation sites (tertiary alicyclic amines) is 1. The van der Waals surface area contributed by atoms with Gasteiger partial charge in [-0.15, -0.1) is 12.4 Å². The van der Waals surface area contributed by atoms with Crippen LogP contribution in [0.2, 0.25) is 0 Å². The Morgan fingerprint density at radius 2 is 2.00 bits per heavy atom. The number of hydrogen-bond donors (Lipinski definition) is 1. The second-order valence-electron chi connectivity index (χ2n) is 3.91. The van der Waals surface area contributed by atoms with Gasteiger partial charge in [-0.1, -0.05) is 12.1 Å². The molecule has 1 atom stereocenters. The fraction of sp³-hybridized carbons (Fsp3) is 0.455. The molecule has 2 nitrogen and oxygen atoms in total. The SMILES string of the molecule is Cl.NC1CCN(Cc2ccc(I)cc2)C1. The lowest BCUT2D eigenvalue weighted by molar-refractivity contribution is 0.327. The third kappa shape index (κ3) is 3.90. The van der Waals surface area contributed by atoms with Gasteiger partial charge in [-0.2, -0.15) is 0 Å². The predicted molar refractivity (Wildman–Crippen MR) is 74.3 cm³/mol. The summed E-state index contributed by atoms with van der Waals surface area (Å²) in [5.74, 6) is 0. The summed E-state index contributed by atoms with van der Waals surface area (Å²) < 4.78 is 1.30. The highest BCUT2D eigenvalue weighted by Gasteiger charge is 2.18. The third-order valence-electron chi connectivity index (χ3n) is 2.63. The van der Waals surface area contributed by atoms with Crippen LogP contribution in [-0.2, 0) is 6.54 Å². The monoisotopic (exact) mass is 338 g/mol. The number of hydrogen-bond acceptors (Lipinski definition) is 2. The zero-order valence-corrected chi connectivity index (χ0v) is 11.5. The van der Waals surface area contributed by atoms with Crippen LogP contribution >= 0.6 is 35.0 Å². The molecule has 1 unspecified atom stereocenters. The Morgan fingerprint density at radius 1 is 1.33 bits per heavy atom. The van der Waals surface area contributed by atoms with Crippen LogP contribution in [0.25, 0.3) is 0 Å². The van der Waals surface area contributed by atoms with E-state index in [2.05, 4.69) is 51.8 Å². The van der Waals surface area contributed by atoms with Crippen LogP contribution < -0.4 is 5.73 Å². The molecule has 15 heavy (non-hydrogen) atoms. The van der Waals surface area contributed by atoms with Crippen LogP contribution in [0.1, 0.15) is 12.0 Å². The van der Waals surface area contributed by atoms with Gasteiger partial charge in [0.25, 0.3) is 0 Å². The Morgan fingerprint density at radius 3 is 2.53 bits per heavy atom. The van der Waals surface area contributed by atoms with Crippen molar-refractivity contribution in [2.45, 2.75) is 19.0 Å². The van der Waals surface area contributed by atoms with E-state index >= 15 is 0 Å². The minimum atomic E-state index is 0. The van der Waals surface area contributed by atoms with Gasteiger partial charge in [0.1, 0.15) is 0 Å². The van der Waals surface area contributed by atoms with Crippen molar-refractivity contribution in [3.63, 3.8) is 0 Å². The van der Waals surface area contributed by atoms with E-state index in [1.54, 1.807) is 0 Å². The quantitative estimate of drug-likeness (QED) is 0.838. The predicted octanol–water partition coefficient (Wildman–Crippen LogP) is 2.25. The van der Waals surface area contributed by atoms with Crippen molar-refractivity contribution in [3.8, 4) is 0 Å². The second-order valence-corrected chi connectivity index (χ2v) is 5.16. The third-order valence-corrected chi connectivity index (χ3v) is 3.35. The lowest BCUT2D eigenvalue weighted by Crippen LogP contribution is -2.26. The fourth-order valence-corrected chi connectivity index (χ4v) is 2.21. The summed E-state index contributed by atoms with van der Waals surface area (Å²) >= 11 is 2.33. The largest absolute Gasteiger partial charge is 0.326 e. The van der Waals surface area contributed by atoms with Gasteiger partial charge in [-0.3, -0.25) is 4.90 Å². The first-order valence-corrected chi connectivity index (χ1v) is 6.04. The van der Waals surface area contributed by atoms with E-state index in [4.69, 9.17) is 5.73 Å². The number of benzene rings is 1. The van der Waals surface area contributed by atoms with Crippen molar-refractivity contribution in [1.82, 2.24) is 4.90 Å². The maximum absolute atomic E-state index is 5.86. The molecule has 1 saturated heterocycles. The molecule has 0 bridgehead atoms. The highest BCUT2D eigenvalue weighted by Crippen LogP contribution is 2.13. The van der Waals surface area contributed by atoms with Crippen molar-refractivity contribution >= 4 is 35.0 Å². The maximum Gasteiger partial charge on any atom is 0.0234 e. The van der Waals surface area contributed by atoms with Crippen molar-refractivity contribution < 1.29 is 0 Å². The lowest BCUT2D eigenvalue weighted by Gasteiger charge is -2.14. The van der Waals surface area contributed by atoms with Gasteiger partial charge < -0.3 is 5.73 Å². The van der Waals surface area contributed by atoms with Gasteiger partial charge in [0.2, 0.25) is 0 Å². The van der Waals surface area contributed by atoms with Gasteiger partial charge in [-0.05, 0) is 46.7 Å². The second kappa shape index (κ2) is 6.03. The van der Waals surface area contributed by atoms with Gasteiger partial charge >= 0.3 is 0 Å². The first kappa shape index (κ1) is 13.2. The number of halogens is 2. The molecule has 0 aliphatic carbocycles. The lowest BCUT2D eigenvalue weighted by atomic mass is 10.2. The molecule has 1 heterocycles. The molecule has 84 valence electrons. The molecule has 2 N–H and O–H groups in total. The molecule has 0 saturated carbocycles. The van der Waals surface area contributed by atoms with E-state index in [9.17, 15) is 0 Å². The van der Waals surface area contributed by atoms with Gasteiger partial charge in [0.05, 0.1) is 0 Å². The molecule has 1 fully saturated rings. The Kier molecular flexibility index (Phi) is 5.32. The summed E-state index contributed by atoms with van der Waals surface area (Å²) in [4.78, 5) is 2.42. The maximum atomic E-state index is 5.86. The summed E-state index contributed by atoms with van der Waals surface area (Å²) in [6, 6.07) is 9.11. The molecule has 1 aromatic carbocycles. The Bertz CT molecular complexity index is 302.